The lowest BCUT2D eigenvalue weighted by molar-refractivity contribution is -0.153. The van der Waals surface area contributed by atoms with Gasteiger partial charge in [0.1, 0.15) is 30.5 Å². The van der Waals surface area contributed by atoms with E-state index < -0.39 is 11.7 Å². The minimum Gasteiger partial charge on any atom is -0.447 e. The van der Waals surface area contributed by atoms with Gasteiger partial charge >= 0.3 is 6.09 Å². The van der Waals surface area contributed by atoms with E-state index in [1.807, 2.05) is 30.3 Å². The Labute approximate surface area is 123 Å². The molecule has 21 heavy (non-hydrogen) atoms. The van der Waals surface area contributed by atoms with Crippen LogP contribution in [-0.2, 0) is 25.4 Å². The lowest BCUT2D eigenvalue weighted by Gasteiger charge is -2.36. The smallest absolute Gasteiger partial charge is 0.404 e. The van der Waals surface area contributed by atoms with Gasteiger partial charge in [-0.3, -0.25) is 0 Å². The van der Waals surface area contributed by atoms with Crippen molar-refractivity contribution in [3.05, 3.63) is 35.9 Å². The van der Waals surface area contributed by atoms with Crippen molar-refractivity contribution in [3.63, 3.8) is 0 Å². The van der Waals surface area contributed by atoms with Gasteiger partial charge in [0.15, 0.2) is 0 Å². The predicted molar refractivity (Wildman–Crippen MR) is 73.8 cm³/mol. The summed E-state index contributed by atoms with van der Waals surface area (Å²) in [4.78, 5) is 11.0. The van der Waals surface area contributed by atoms with Gasteiger partial charge in [0.2, 0.25) is 0 Å². The average molecular weight is 293 g/mol. The molecule has 2 N–H and O–H groups in total. The molecule has 2 aliphatic rings. The minimum atomic E-state index is -0.823. The summed E-state index contributed by atoms with van der Waals surface area (Å²) in [6, 6.07) is 9.85. The highest BCUT2D eigenvalue weighted by Gasteiger charge is 2.60. The molecule has 0 bridgehead atoms. The first-order chi connectivity index (χ1) is 10.1. The molecular weight excluding hydrogens is 274 g/mol. The number of methoxy groups -OCH3 is 1. The molecule has 0 spiro atoms. The number of amides is 1. The molecule has 114 valence electrons. The van der Waals surface area contributed by atoms with Crippen LogP contribution in [0.5, 0.6) is 0 Å². The Morgan fingerprint density at radius 3 is 2.71 bits per heavy atom. The lowest BCUT2D eigenvalue weighted by atomic mass is 9.87. The van der Waals surface area contributed by atoms with E-state index in [9.17, 15) is 4.79 Å². The fourth-order valence-corrected chi connectivity index (χ4v) is 2.92. The molecule has 0 aliphatic carbocycles. The first-order valence-electron chi connectivity index (χ1n) is 6.93. The Bertz CT molecular complexity index is 508. The summed E-state index contributed by atoms with van der Waals surface area (Å²) in [6.45, 7) is 0.580. The van der Waals surface area contributed by atoms with E-state index in [1.165, 1.54) is 0 Å². The summed E-state index contributed by atoms with van der Waals surface area (Å²) in [7, 11) is 1.59. The van der Waals surface area contributed by atoms with Crippen LogP contribution in [0.4, 0.5) is 4.79 Å². The maximum atomic E-state index is 11.0. The van der Waals surface area contributed by atoms with Crippen molar-refractivity contribution in [1.82, 2.24) is 0 Å². The molecule has 2 aliphatic heterocycles. The van der Waals surface area contributed by atoms with Crippen LogP contribution in [0.25, 0.3) is 0 Å². The van der Waals surface area contributed by atoms with Gasteiger partial charge in [0.05, 0.1) is 6.61 Å². The standard InChI is InChI=1S/C15H19NO5/c1-18-15(9-20-14(16)17,7-10-5-3-2-4-6-10)13-12-11(21-12)8-19-13/h2-6,11-13H,7-9H2,1H3,(H2,16,17)/t11-,12+,13+,15+/m0/s1. The minimum absolute atomic E-state index is 0.00476. The summed E-state index contributed by atoms with van der Waals surface area (Å²) < 4.78 is 22.1. The fraction of sp³-hybridized carbons (Fsp3) is 0.533. The number of hydrogen-bond donors (Lipinski definition) is 1. The van der Waals surface area contributed by atoms with Crippen LogP contribution < -0.4 is 5.73 Å². The van der Waals surface area contributed by atoms with Crippen LogP contribution in [-0.4, -0.2) is 50.3 Å². The topological polar surface area (TPSA) is 83.3 Å². The molecule has 6 heteroatoms. The van der Waals surface area contributed by atoms with E-state index in [2.05, 4.69) is 0 Å². The van der Waals surface area contributed by atoms with Crippen molar-refractivity contribution in [2.45, 2.75) is 30.3 Å². The van der Waals surface area contributed by atoms with Crippen molar-refractivity contribution in [3.8, 4) is 0 Å². The third-order valence-corrected chi connectivity index (χ3v) is 4.09. The van der Waals surface area contributed by atoms with Crippen molar-refractivity contribution in [1.29, 1.82) is 0 Å². The summed E-state index contributed by atoms with van der Waals surface area (Å²) in [5.74, 6) is 0. The van der Waals surface area contributed by atoms with Crippen LogP contribution in [0.2, 0.25) is 0 Å². The molecule has 2 saturated heterocycles. The SMILES string of the molecule is CO[C@@](COC(N)=O)(Cc1ccccc1)[C@@H]1OC[C@@H]2O[C@H]21. The molecule has 1 amide bonds. The van der Waals surface area contributed by atoms with Gasteiger partial charge in [-0.15, -0.1) is 0 Å². The van der Waals surface area contributed by atoms with E-state index in [1.54, 1.807) is 7.11 Å². The number of rotatable bonds is 6. The Kier molecular flexibility index (Phi) is 3.84. The average Bonchev–Trinajstić information content (AvgIpc) is 3.15. The summed E-state index contributed by atoms with van der Waals surface area (Å²) >= 11 is 0. The number of hydrogen-bond acceptors (Lipinski definition) is 5. The van der Waals surface area contributed by atoms with Crippen molar-refractivity contribution < 1.29 is 23.7 Å². The van der Waals surface area contributed by atoms with E-state index in [0.717, 1.165) is 5.56 Å². The normalized spacial score (nSPS) is 29.5. The number of fused-ring (bicyclic) bond motifs is 1. The van der Waals surface area contributed by atoms with Crippen LogP contribution in [0, 0.1) is 0 Å². The van der Waals surface area contributed by atoms with Crippen molar-refractivity contribution in [2.75, 3.05) is 20.3 Å². The number of primary amides is 1. The van der Waals surface area contributed by atoms with E-state index in [4.69, 9.17) is 24.7 Å². The quantitative estimate of drug-likeness (QED) is 0.787. The summed E-state index contributed by atoms with van der Waals surface area (Å²) in [5.41, 5.74) is 5.37. The molecular formula is C15H19NO5. The maximum Gasteiger partial charge on any atom is 0.404 e. The Hall–Kier alpha value is -1.63. The second-order valence-corrected chi connectivity index (χ2v) is 5.43. The highest BCUT2D eigenvalue weighted by Crippen LogP contribution is 2.42. The molecule has 0 unspecified atom stereocenters. The number of ether oxygens (including phenoxy) is 4. The van der Waals surface area contributed by atoms with E-state index in [0.29, 0.717) is 13.0 Å². The number of carbonyl (C=O) groups is 1. The second-order valence-electron chi connectivity index (χ2n) is 5.43. The molecule has 6 nitrogen and oxygen atoms in total. The second kappa shape index (κ2) is 5.63. The van der Waals surface area contributed by atoms with Gasteiger partial charge in [-0.2, -0.15) is 0 Å². The molecule has 2 heterocycles. The number of epoxide rings is 1. The molecule has 4 atom stereocenters. The van der Waals surface area contributed by atoms with Crippen LogP contribution in [0.3, 0.4) is 0 Å². The fourth-order valence-electron chi connectivity index (χ4n) is 2.92. The van der Waals surface area contributed by atoms with Gasteiger partial charge in [-0.25, -0.2) is 4.79 Å². The third kappa shape index (κ3) is 2.88. The predicted octanol–water partition coefficient (Wildman–Crippen LogP) is 0.876. The molecule has 2 fully saturated rings. The lowest BCUT2D eigenvalue weighted by Crippen LogP contribution is -2.53. The van der Waals surface area contributed by atoms with Crippen LogP contribution in [0.1, 0.15) is 5.56 Å². The van der Waals surface area contributed by atoms with Crippen LogP contribution in [0.15, 0.2) is 30.3 Å². The zero-order valence-electron chi connectivity index (χ0n) is 11.9. The molecule has 0 saturated carbocycles. The van der Waals surface area contributed by atoms with Gasteiger partial charge in [0, 0.05) is 13.5 Å². The molecule has 0 aromatic heterocycles. The summed E-state index contributed by atoms with van der Waals surface area (Å²) in [6.07, 6.45) is -0.406. The highest BCUT2D eigenvalue weighted by molar-refractivity contribution is 5.64. The number of benzene rings is 1. The first kappa shape index (κ1) is 14.3. The Balaban J connectivity index is 1.82. The van der Waals surface area contributed by atoms with E-state index in [-0.39, 0.29) is 24.9 Å². The summed E-state index contributed by atoms with van der Waals surface area (Å²) in [5, 5.41) is 0. The zero-order valence-corrected chi connectivity index (χ0v) is 11.9. The largest absolute Gasteiger partial charge is 0.447 e. The van der Waals surface area contributed by atoms with Crippen molar-refractivity contribution in [2.24, 2.45) is 5.73 Å². The van der Waals surface area contributed by atoms with Crippen LogP contribution >= 0.6 is 0 Å². The zero-order chi connectivity index (χ0) is 14.9. The van der Waals surface area contributed by atoms with Gasteiger partial charge in [0.25, 0.3) is 0 Å². The number of nitrogens with two attached hydrogens (primary N) is 1. The molecule has 0 radical (unpaired) electrons. The molecule has 1 aromatic rings. The number of carbonyl (C=O) groups excluding carboxylic acids is 1. The monoisotopic (exact) mass is 293 g/mol. The Morgan fingerprint density at radius 2 is 2.19 bits per heavy atom. The van der Waals surface area contributed by atoms with Crippen molar-refractivity contribution >= 4 is 6.09 Å². The van der Waals surface area contributed by atoms with Gasteiger partial charge in [-0.1, -0.05) is 30.3 Å². The maximum absolute atomic E-state index is 11.0. The highest BCUT2D eigenvalue weighted by atomic mass is 16.7. The first-order valence-corrected chi connectivity index (χ1v) is 6.93. The third-order valence-electron chi connectivity index (χ3n) is 4.09. The van der Waals surface area contributed by atoms with Gasteiger partial charge in [-0.05, 0) is 5.56 Å². The molecule has 1 aromatic carbocycles. The molecule has 3 rings (SSSR count). The van der Waals surface area contributed by atoms with E-state index >= 15 is 0 Å². The van der Waals surface area contributed by atoms with Gasteiger partial charge < -0.3 is 24.7 Å². The Morgan fingerprint density at radius 1 is 1.43 bits per heavy atom.